The summed E-state index contributed by atoms with van der Waals surface area (Å²) < 4.78 is 0. The summed E-state index contributed by atoms with van der Waals surface area (Å²) in [6.45, 7) is 0. The quantitative estimate of drug-likeness (QED) is 0.653. The van der Waals surface area contributed by atoms with Crippen molar-refractivity contribution in [3.63, 3.8) is 0 Å². The van der Waals surface area contributed by atoms with Crippen LogP contribution in [0.2, 0.25) is 0 Å². The largest absolute Gasteiger partial charge is 0.399 e. The van der Waals surface area contributed by atoms with Crippen LogP contribution in [0.1, 0.15) is 25.7 Å². The van der Waals surface area contributed by atoms with Crippen molar-refractivity contribution in [3.05, 3.63) is 24.3 Å². The molecule has 1 aliphatic carbocycles. The molecule has 19 heavy (non-hydrogen) atoms. The van der Waals surface area contributed by atoms with Crippen LogP contribution in [-0.4, -0.2) is 17.2 Å². The van der Waals surface area contributed by atoms with Gasteiger partial charge in [0.05, 0.1) is 11.8 Å². The molecule has 0 heterocycles. The summed E-state index contributed by atoms with van der Waals surface area (Å²) in [5.41, 5.74) is 5.69. The van der Waals surface area contributed by atoms with E-state index >= 15 is 0 Å². The van der Waals surface area contributed by atoms with Gasteiger partial charge in [0.25, 0.3) is 0 Å². The van der Waals surface area contributed by atoms with E-state index in [1.54, 1.807) is 0 Å². The molecule has 5 heteroatoms. The molecule has 0 unspecified atom stereocenters. The summed E-state index contributed by atoms with van der Waals surface area (Å²) in [6, 6.07) is 9.67. The van der Waals surface area contributed by atoms with E-state index in [9.17, 15) is 10.1 Å². The Hall–Kier alpha value is -1.67. The van der Waals surface area contributed by atoms with E-state index in [4.69, 9.17) is 5.73 Å². The van der Waals surface area contributed by atoms with Crippen molar-refractivity contribution in [3.8, 4) is 6.07 Å². The smallest absolute Gasteiger partial charge is 0.231 e. The molecule has 1 aliphatic rings. The molecule has 0 saturated heterocycles. The van der Waals surface area contributed by atoms with E-state index in [0.29, 0.717) is 11.4 Å². The Bertz CT molecular complexity index is 486. The maximum Gasteiger partial charge on any atom is 0.231 e. The van der Waals surface area contributed by atoms with E-state index < -0.39 is 5.54 Å². The van der Waals surface area contributed by atoms with Crippen LogP contribution in [0.25, 0.3) is 0 Å². The van der Waals surface area contributed by atoms with E-state index in [1.807, 2.05) is 24.3 Å². The van der Waals surface area contributed by atoms with Gasteiger partial charge in [0.1, 0.15) is 5.54 Å². The first-order valence-electron chi connectivity index (χ1n) is 6.34. The third-order valence-electron chi connectivity index (χ3n) is 3.30. The molecular weight excluding hydrogens is 258 g/mol. The Morgan fingerprint density at radius 2 is 2.00 bits per heavy atom. The van der Waals surface area contributed by atoms with Gasteiger partial charge < -0.3 is 11.1 Å². The molecule has 0 spiro atoms. The molecule has 1 amide bonds. The summed E-state index contributed by atoms with van der Waals surface area (Å²) in [5.74, 6) is 0.248. The monoisotopic (exact) mass is 275 g/mol. The molecule has 1 fully saturated rings. The molecule has 0 bridgehead atoms. The minimum atomic E-state index is -0.626. The lowest BCUT2D eigenvalue weighted by atomic mass is 10.0. The number of anilines is 1. The van der Waals surface area contributed by atoms with Gasteiger partial charge in [-0.1, -0.05) is 0 Å². The summed E-state index contributed by atoms with van der Waals surface area (Å²) >= 11 is 1.45. The van der Waals surface area contributed by atoms with Gasteiger partial charge in [-0.2, -0.15) is 5.26 Å². The molecule has 4 nitrogen and oxygen atoms in total. The molecule has 2 rings (SSSR count). The van der Waals surface area contributed by atoms with Gasteiger partial charge in [0, 0.05) is 10.6 Å². The highest BCUT2D eigenvalue weighted by molar-refractivity contribution is 8.00. The highest BCUT2D eigenvalue weighted by Crippen LogP contribution is 2.29. The van der Waals surface area contributed by atoms with Crippen LogP contribution in [0.5, 0.6) is 0 Å². The average Bonchev–Trinajstić information content (AvgIpc) is 2.87. The molecule has 1 aromatic carbocycles. The Morgan fingerprint density at radius 3 is 2.58 bits per heavy atom. The van der Waals surface area contributed by atoms with Gasteiger partial charge >= 0.3 is 0 Å². The highest BCUT2D eigenvalue weighted by atomic mass is 32.2. The van der Waals surface area contributed by atoms with Crippen molar-refractivity contribution in [1.82, 2.24) is 5.32 Å². The number of rotatable bonds is 4. The summed E-state index contributed by atoms with van der Waals surface area (Å²) in [7, 11) is 0. The fourth-order valence-electron chi connectivity index (χ4n) is 2.26. The van der Waals surface area contributed by atoms with Crippen molar-refractivity contribution in [1.29, 1.82) is 5.26 Å². The molecule has 0 radical (unpaired) electrons. The third kappa shape index (κ3) is 3.65. The number of amides is 1. The standard InChI is InChI=1S/C14H17N3OS/c15-10-14(7-1-2-8-14)17-13(18)9-19-12-5-3-11(16)4-6-12/h3-6H,1-2,7-9,16H2,(H,17,18). The van der Waals surface area contributed by atoms with Crippen molar-refractivity contribution < 1.29 is 4.79 Å². The Kier molecular flexibility index (Phi) is 4.33. The van der Waals surface area contributed by atoms with Gasteiger partial charge in [-0.25, -0.2) is 0 Å². The molecule has 0 aromatic heterocycles. The lowest BCUT2D eigenvalue weighted by Crippen LogP contribution is -2.45. The molecule has 3 N–H and O–H groups in total. The Morgan fingerprint density at radius 1 is 1.37 bits per heavy atom. The molecule has 100 valence electrons. The third-order valence-corrected chi connectivity index (χ3v) is 4.31. The van der Waals surface area contributed by atoms with Crippen LogP contribution in [0, 0.1) is 11.3 Å². The van der Waals surface area contributed by atoms with E-state index in [-0.39, 0.29) is 5.91 Å². The fourth-order valence-corrected chi connectivity index (χ4v) is 2.96. The summed E-state index contributed by atoms with van der Waals surface area (Å²) in [6.07, 6.45) is 3.56. The van der Waals surface area contributed by atoms with Crippen LogP contribution in [0.3, 0.4) is 0 Å². The van der Waals surface area contributed by atoms with Crippen LogP contribution >= 0.6 is 11.8 Å². The molecular formula is C14H17N3OS. The van der Waals surface area contributed by atoms with Gasteiger partial charge in [0.2, 0.25) is 5.91 Å². The molecule has 0 atom stereocenters. The first-order chi connectivity index (χ1) is 9.13. The number of hydrogen-bond acceptors (Lipinski definition) is 4. The number of nitrogens with zero attached hydrogens (tertiary/aromatic N) is 1. The molecule has 1 saturated carbocycles. The number of benzene rings is 1. The second kappa shape index (κ2) is 5.98. The van der Waals surface area contributed by atoms with Crippen molar-refractivity contribution >= 4 is 23.4 Å². The number of carbonyl (C=O) groups is 1. The number of carbonyl (C=O) groups excluding carboxylic acids is 1. The SMILES string of the molecule is N#CC1(NC(=O)CSc2ccc(N)cc2)CCCC1. The number of nitriles is 1. The molecule has 1 aromatic rings. The number of hydrogen-bond donors (Lipinski definition) is 2. The second-order valence-corrected chi connectivity index (χ2v) is 5.86. The van der Waals surface area contributed by atoms with Gasteiger partial charge in [-0.15, -0.1) is 11.8 Å². The normalized spacial score (nSPS) is 16.8. The van der Waals surface area contributed by atoms with Crippen LogP contribution in [-0.2, 0) is 4.79 Å². The zero-order chi connectivity index (χ0) is 13.7. The van der Waals surface area contributed by atoms with Crippen LogP contribution < -0.4 is 11.1 Å². The number of nitrogens with two attached hydrogens (primary N) is 1. The molecule has 0 aliphatic heterocycles. The lowest BCUT2D eigenvalue weighted by Gasteiger charge is -2.21. The maximum absolute atomic E-state index is 11.9. The zero-order valence-corrected chi connectivity index (χ0v) is 11.5. The van der Waals surface area contributed by atoms with E-state index in [1.165, 1.54) is 11.8 Å². The maximum atomic E-state index is 11.9. The van der Waals surface area contributed by atoms with E-state index in [2.05, 4.69) is 11.4 Å². The van der Waals surface area contributed by atoms with Gasteiger partial charge in [-0.05, 0) is 49.9 Å². The predicted molar refractivity (Wildman–Crippen MR) is 76.5 cm³/mol. The number of thioether (sulfide) groups is 1. The second-order valence-electron chi connectivity index (χ2n) is 4.81. The van der Waals surface area contributed by atoms with Gasteiger partial charge in [-0.3, -0.25) is 4.79 Å². The van der Waals surface area contributed by atoms with Crippen molar-refractivity contribution in [2.75, 3.05) is 11.5 Å². The Balaban J connectivity index is 1.85. The minimum absolute atomic E-state index is 0.0784. The highest BCUT2D eigenvalue weighted by Gasteiger charge is 2.35. The number of nitrogen functional groups attached to an aromatic ring is 1. The Labute approximate surface area is 117 Å². The summed E-state index contributed by atoms with van der Waals surface area (Å²) in [4.78, 5) is 12.9. The van der Waals surface area contributed by atoms with Crippen molar-refractivity contribution in [2.45, 2.75) is 36.1 Å². The van der Waals surface area contributed by atoms with E-state index in [0.717, 1.165) is 30.6 Å². The summed E-state index contributed by atoms with van der Waals surface area (Å²) in [5, 5.41) is 12.1. The minimum Gasteiger partial charge on any atom is -0.399 e. The topological polar surface area (TPSA) is 78.9 Å². The van der Waals surface area contributed by atoms with Crippen LogP contribution in [0.15, 0.2) is 29.2 Å². The average molecular weight is 275 g/mol. The van der Waals surface area contributed by atoms with Gasteiger partial charge in [0.15, 0.2) is 0 Å². The van der Waals surface area contributed by atoms with Crippen molar-refractivity contribution in [2.24, 2.45) is 0 Å². The lowest BCUT2D eigenvalue weighted by molar-refractivity contribution is -0.119. The predicted octanol–water partition coefficient (Wildman–Crippen LogP) is 2.31. The first kappa shape index (κ1) is 13.8. The van der Waals surface area contributed by atoms with Crippen LogP contribution in [0.4, 0.5) is 5.69 Å². The number of nitrogens with one attached hydrogen (secondary N) is 1. The zero-order valence-electron chi connectivity index (χ0n) is 10.7. The fraction of sp³-hybridized carbons (Fsp3) is 0.429. The first-order valence-corrected chi connectivity index (χ1v) is 7.33.